The fraction of sp³-hybridized carbons (Fsp3) is 0.714. The van der Waals surface area contributed by atoms with Gasteiger partial charge in [-0.25, -0.2) is 0 Å². The Hall–Kier alpha value is -0.860. The van der Waals surface area contributed by atoms with Crippen molar-refractivity contribution in [3.8, 4) is 0 Å². The van der Waals surface area contributed by atoms with Crippen molar-refractivity contribution in [2.45, 2.75) is 13.8 Å². The number of carbonyl (C=O) groups excluding carboxylic acids is 2. The normalized spacial score (nSPS) is 15.5. The molecule has 0 aromatic rings. The van der Waals surface area contributed by atoms with Gasteiger partial charge in [0, 0.05) is 5.92 Å². The minimum atomic E-state index is -0.334. The van der Waals surface area contributed by atoms with E-state index in [0.717, 1.165) is 6.29 Å². The Kier molecular flexibility index (Phi) is 3.69. The summed E-state index contributed by atoms with van der Waals surface area (Å²) < 4.78 is 4.44. The fourth-order valence-electron chi connectivity index (χ4n) is 0.518. The molecule has 2 atom stereocenters. The molecule has 0 aromatic heterocycles. The van der Waals surface area contributed by atoms with Crippen LogP contribution in [0.4, 0.5) is 0 Å². The van der Waals surface area contributed by atoms with Gasteiger partial charge in [-0.05, 0) is 0 Å². The second-order valence-corrected chi connectivity index (χ2v) is 2.31. The second kappa shape index (κ2) is 4.04. The van der Waals surface area contributed by atoms with E-state index in [0.29, 0.717) is 0 Å². The molecular formula is C7H12O3. The van der Waals surface area contributed by atoms with Crippen LogP contribution in [0.25, 0.3) is 0 Å². The van der Waals surface area contributed by atoms with Gasteiger partial charge >= 0.3 is 5.97 Å². The molecule has 0 radical (unpaired) electrons. The van der Waals surface area contributed by atoms with Crippen LogP contribution in [-0.4, -0.2) is 19.4 Å². The molecule has 0 aromatic carbocycles. The van der Waals surface area contributed by atoms with Gasteiger partial charge in [-0.3, -0.25) is 4.79 Å². The predicted octanol–water partition coefficient (Wildman–Crippen LogP) is 0.630. The lowest BCUT2D eigenvalue weighted by atomic mass is 9.98. The largest absolute Gasteiger partial charge is 0.469 e. The molecule has 0 unspecified atom stereocenters. The van der Waals surface area contributed by atoms with Gasteiger partial charge in [0.25, 0.3) is 0 Å². The average molecular weight is 144 g/mol. The first-order valence-corrected chi connectivity index (χ1v) is 3.16. The first kappa shape index (κ1) is 9.14. The molecule has 0 aliphatic rings. The van der Waals surface area contributed by atoms with E-state index in [2.05, 4.69) is 4.74 Å². The molecule has 0 heterocycles. The van der Waals surface area contributed by atoms with Crippen molar-refractivity contribution in [2.75, 3.05) is 7.11 Å². The number of hydrogen-bond acceptors (Lipinski definition) is 3. The molecule has 0 rings (SSSR count). The summed E-state index contributed by atoms with van der Waals surface area (Å²) in [6.07, 6.45) is 0.752. The molecule has 0 aliphatic heterocycles. The number of carbonyl (C=O) groups is 2. The standard InChI is InChI=1S/C7H12O3/c1-5(4-8)6(2)7(9)10-3/h4-6H,1-3H3/t5-,6+/m0/s1. The molecule has 0 aliphatic carbocycles. The van der Waals surface area contributed by atoms with Gasteiger partial charge in [0.05, 0.1) is 13.0 Å². The summed E-state index contributed by atoms with van der Waals surface area (Å²) in [5.41, 5.74) is 0. The summed E-state index contributed by atoms with van der Waals surface area (Å²) in [6.45, 7) is 3.36. The van der Waals surface area contributed by atoms with Gasteiger partial charge in [0.1, 0.15) is 6.29 Å². The van der Waals surface area contributed by atoms with Crippen LogP contribution in [0.5, 0.6) is 0 Å². The van der Waals surface area contributed by atoms with Gasteiger partial charge in [-0.15, -0.1) is 0 Å². The predicted molar refractivity (Wildman–Crippen MR) is 36.4 cm³/mol. The van der Waals surface area contributed by atoms with Gasteiger partial charge in [-0.2, -0.15) is 0 Å². The maximum absolute atomic E-state index is 10.7. The minimum Gasteiger partial charge on any atom is -0.469 e. The van der Waals surface area contributed by atoms with E-state index < -0.39 is 0 Å². The van der Waals surface area contributed by atoms with E-state index in [1.165, 1.54) is 7.11 Å². The summed E-state index contributed by atoms with van der Waals surface area (Å²) >= 11 is 0. The molecule has 0 saturated heterocycles. The molecule has 3 nitrogen and oxygen atoms in total. The topological polar surface area (TPSA) is 43.4 Å². The van der Waals surface area contributed by atoms with Crippen LogP contribution in [0.1, 0.15) is 13.8 Å². The minimum absolute atomic E-state index is 0.257. The highest BCUT2D eigenvalue weighted by Gasteiger charge is 2.19. The molecule has 0 saturated carbocycles. The number of rotatable bonds is 3. The fourth-order valence-corrected chi connectivity index (χ4v) is 0.518. The van der Waals surface area contributed by atoms with Gasteiger partial charge in [0.15, 0.2) is 0 Å². The van der Waals surface area contributed by atoms with Crippen molar-refractivity contribution in [3.05, 3.63) is 0 Å². The van der Waals surface area contributed by atoms with Crippen LogP contribution in [0.3, 0.4) is 0 Å². The molecule has 0 N–H and O–H groups in total. The number of ether oxygens (including phenoxy) is 1. The zero-order chi connectivity index (χ0) is 8.15. The Morgan fingerprint density at radius 1 is 1.50 bits per heavy atom. The highest BCUT2D eigenvalue weighted by Crippen LogP contribution is 2.08. The van der Waals surface area contributed by atoms with E-state index in [1.807, 2.05) is 0 Å². The summed E-state index contributed by atoms with van der Waals surface area (Å²) in [5.74, 6) is -0.922. The van der Waals surface area contributed by atoms with Crippen molar-refractivity contribution >= 4 is 12.3 Å². The van der Waals surface area contributed by atoms with Crippen molar-refractivity contribution in [1.82, 2.24) is 0 Å². The summed E-state index contributed by atoms with van der Waals surface area (Å²) in [7, 11) is 1.32. The third-order valence-electron chi connectivity index (χ3n) is 1.58. The van der Waals surface area contributed by atoms with E-state index in [-0.39, 0.29) is 17.8 Å². The summed E-state index contributed by atoms with van der Waals surface area (Å²) in [6, 6.07) is 0. The molecule has 0 spiro atoms. The van der Waals surface area contributed by atoms with E-state index in [4.69, 9.17) is 0 Å². The highest BCUT2D eigenvalue weighted by molar-refractivity contribution is 5.75. The summed E-state index contributed by atoms with van der Waals surface area (Å²) in [5, 5.41) is 0. The molecule has 10 heavy (non-hydrogen) atoms. The van der Waals surface area contributed by atoms with Crippen LogP contribution < -0.4 is 0 Å². The van der Waals surface area contributed by atoms with Crippen LogP contribution in [0.15, 0.2) is 0 Å². The SMILES string of the molecule is COC(=O)[C@H](C)[C@@H](C)C=O. The van der Waals surface area contributed by atoms with Crippen molar-refractivity contribution in [2.24, 2.45) is 11.8 Å². The van der Waals surface area contributed by atoms with Crippen molar-refractivity contribution in [1.29, 1.82) is 0 Å². The van der Waals surface area contributed by atoms with Gasteiger partial charge < -0.3 is 9.53 Å². The maximum atomic E-state index is 10.7. The zero-order valence-corrected chi connectivity index (χ0v) is 6.46. The maximum Gasteiger partial charge on any atom is 0.309 e. The molecular weight excluding hydrogens is 132 g/mol. The smallest absolute Gasteiger partial charge is 0.309 e. The number of esters is 1. The number of aldehydes is 1. The first-order valence-electron chi connectivity index (χ1n) is 3.16. The molecule has 0 bridgehead atoms. The van der Waals surface area contributed by atoms with Crippen molar-refractivity contribution < 1.29 is 14.3 Å². The third kappa shape index (κ3) is 2.17. The Morgan fingerprint density at radius 3 is 2.30 bits per heavy atom. The second-order valence-electron chi connectivity index (χ2n) is 2.31. The average Bonchev–Trinajstić information content (AvgIpc) is 2.00. The van der Waals surface area contributed by atoms with E-state index in [1.54, 1.807) is 13.8 Å². The van der Waals surface area contributed by atoms with Crippen molar-refractivity contribution in [3.63, 3.8) is 0 Å². The molecule has 58 valence electrons. The Labute approximate surface area is 60.4 Å². The third-order valence-corrected chi connectivity index (χ3v) is 1.58. The molecule has 0 amide bonds. The summed E-state index contributed by atoms with van der Waals surface area (Å²) in [4.78, 5) is 20.9. The van der Waals surface area contributed by atoms with E-state index >= 15 is 0 Å². The monoisotopic (exact) mass is 144 g/mol. The lowest BCUT2D eigenvalue weighted by Gasteiger charge is -2.10. The van der Waals surface area contributed by atoms with Crippen LogP contribution >= 0.6 is 0 Å². The molecule has 3 heteroatoms. The Morgan fingerprint density at radius 2 is 2.00 bits per heavy atom. The highest BCUT2D eigenvalue weighted by atomic mass is 16.5. The van der Waals surface area contributed by atoms with Crippen LogP contribution in [0, 0.1) is 11.8 Å². The zero-order valence-electron chi connectivity index (χ0n) is 6.46. The van der Waals surface area contributed by atoms with Crippen LogP contribution in [0.2, 0.25) is 0 Å². The number of hydrogen-bond donors (Lipinski definition) is 0. The van der Waals surface area contributed by atoms with E-state index in [9.17, 15) is 9.59 Å². The van der Waals surface area contributed by atoms with Gasteiger partial charge in [0.2, 0.25) is 0 Å². The lowest BCUT2D eigenvalue weighted by molar-refractivity contribution is -0.147. The Balaban J connectivity index is 3.93. The first-order chi connectivity index (χ1) is 4.63. The van der Waals surface area contributed by atoms with Crippen LogP contribution in [-0.2, 0) is 14.3 Å². The Bertz CT molecular complexity index is 131. The van der Waals surface area contributed by atoms with Gasteiger partial charge in [-0.1, -0.05) is 13.8 Å². The lowest BCUT2D eigenvalue weighted by Crippen LogP contribution is -2.20. The quantitative estimate of drug-likeness (QED) is 0.431. The molecule has 0 fully saturated rings. The number of methoxy groups -OCH3 is 1.